The minimum absolute atomic E-state index is 0.0227. The first-order valence-corrected chi connectivity index (χ1v) is 7.09. The molecule has 0 aliphatic rings. The van der Waals surface area contributed by atoms with E-state index in [9.17, 15) is 18.0 Å². The molecule has 1 heterocycles. The van der Waals surface area contributed by atoms with Crippen LogP contribution in [0.5, 0.6) is 0 Å². The molecule has 0 aromatic carbocycles. The Hall–Kier alpha value is -1.77. The lowest BCUT2D eigenvalue weighted by atomic mass is 10.1. The summed E-state index contributed by atoms with van der Waals surface area (Å²) in [5, 5.41) is 6.16. The summed E-state index contributed by atoms with van der Waals surface area (Å²) in [5.41, 5.74) is 3.15. The van der Waals surface area contributed by atoms with Crippen molar-refractivity contribution in [2.75, 3.05) is 0 Å². The predicted octanol–water partition coefficient (Wildman–Crippen LogP) is 2.66. The molecule has 0 radical (unpaired) electrons. The van der Waals surface area contributed by atoms with Gasteiger partial charge in [0.05, 0.1) is 17.8 Å². The standard InChI is InChI=1S/C14H23F3N4O2/c1-12(2,3)23-11(22)19-13(4,5)8-21-9(7-18)6-10(20-21)14(15,16)17/h6H,7-8,18H2,1-5H3,(H,19,22). The van der Waals surface area contributed by atoms with Crippen LogP contribution in [0.25, 0.3) is 0 Å². The monoisotopic (exact) mass is 336 g/mol. The quantitative estimate of drug-likeness (QED) is 0.885. The summed E-state index contributed by atoms with van der Waals surface area (Å²) in [6.07, 6.45) is -5.20. The molecule has 3 N–H and O–H groups in total. The Morgan fingerprint density at radius 1 is 1.30 bits per heavy atom. The molecule has 6 nitrogen and oxygen atoms in total. The molecular weight excluding hydrogens is 313 g/mol. The molecule has 9 heteroatoms. The molecule has 0 atom stereocenters. The van der Waals surface area contributed by atoms with E-state index in [2.05, 4.69) is 10.4 Å². The number of halogens is 3. The summed E-state index contributed by atoms with van der Waals surface area (Å²) in [6.45, 7) is 8.40. The summed E-state index contributed by atoms with van der Waals surface area (Å²) in [7, 11) is 0. The highest BCUT2D eigenvalue weighted by Crippen LogP contribution is 2.29. The molecule has 0 bridgehead atoms. The minimum Gasteiger partial charge on any atom is -0.444 e. The zero-order chi connectivity index (χ0) is 18.1. The second-order valence-electron chi connectivity index (χ2n) is 6.89. The van der Waals surface area contributed by atoms with Crippen molar-refractivity contribution in [2.45, 2.75) is 65.0 Å². The smallest absolute Gasteiger partial charge is 0.435 e. The second kappa shape index (κ2) is 6.38. The van der Waals surface area contributed by atoms with E-state index >= 15 is 0 Å². The van der Waals surface area contributed by atoms with Gasteiger partial charge in [-0.2, -0.15) is 18.3 Å². The first-order chi connectivity index (χ1) is 10.2. The summed E-state index contributed by atoms with van der Waals surface area (Å²) in [4.78, 5) is 11.8. The molecule has 1 aromatic rings. The maximum absolute atomic E-state index is 12.7. The van der Waals surface area contributed by atoms with Crippen LogP contribution in [0.2, 0.25) is 0 Å². The number of rotatable bonds is 4. The van der Waals surface area contributed by atoms with Crippen molar-refractivity contribution in [3.8, 4) is 0 Å². The number of carbonyl (C=O) groups is 1. The number of ether oxygens (including phenoxy) is 1. The van der Waals surface area contributed by atoms with Gasteiger partial charge >= 0.3 is 12.3 Å². The van der Waals surface area contributed by atoms with E-state index in [4.69, 9.17) is 10.5 Å². The van der Waals surface area contributed by atoms with E-state index < -0.39 is 29.1 Å². The van der Waals surface area contributed by atoms with Crippen molar-refractivity contribution < 1.29 is 22.7 Å². The van der Waals surface area contributed by atoms with E-state index in [1.54, 1.807) is 34.6 Å². The number of alkyl carbamates (subject to hydrolysis) is 1. The van der Waals surface area contributed by atoms with Gasteiger partial charge in [-0.1, -0.05) is 0 Å². The molecule has 0 saturated heterocycles. The molecule has 0 saturated carbocycles. The van der Waals surface area contributed by atoms with Gasteiger partial charge in [0.1, 0.15) is 5.60 Å². The highest BCUT2D eigenvalue weighted by molar-refractivity contribution is 5.68. The highest BCUT2D eigenvalue weighted by atomic mass is 19.4. The zero-order valence-electron chi connectivity index (χ0n) is 13.9. The highest BCUT2D eigenvalue weighted by Gasteiger charge is 2.35. The number of alkyl halides is 3. The van der Waals surface area contributed by atoms with E-state index in [-0.39, 0.29) is 18.8 Å². The van der Waals surface area contributed by atoms with Crippen LogP contribution in [-0.2, 0) is 24.0 Å². The lowest BCUT2D eigenvalue weighted by Crippen LogP contribution is -2.48. The van der Waals surface area contributed by atoms with Crippen LogP contribution in [0.1, 0.15) is 46.0 Å². The van der Waals surface area contributed by atoms with E-state index in [1.807, 2.05) is 0 Å². The van der Waals surface area contributed by atoms with E-state index in [0.717, 1.165) is 10.7 Å². The largest absolute Gasteiger partial charge is 0.444 e. The van der Waals surface area contributed by atoms with Crippen LogP contribution < -0.4 is 11.1 Å². The Bertz CT molecular complexity index is 559. The van der Waals surface area contributed by atoms with Gasteiger partial charge in [-0.25, -0.2) is 4.79 Å². The fraction of sp³-hybridized carbons (Fsp3) is 0.714. The van der Waals surface area contributed by atoms with E-state index in [1.165, 1.54) is 0 Å². The van der Waals surface area contributed by atoms with Gasteiger partial charge in [-0.05, 0) is 40.7 Å². The molecule has 1 rings (SSSR count). The molecule has 0 aliphatic heterocycles. The second-order valence-corrected chi connectivity index (χ2v) is 6.89. The van der Waals surface area contributed by atoms with Crippen molar-refractivity contribution in [1.29, 1.82) is 0 Å². The van der Waals surface area contributed by atoms with Crippen LogP contribution in [0.15, 0.2) is 6.07 Å². The number of carbonyl (C=O) groups excluding carboxylic acids is 1. The third-order valence-electron chi connectivity index (χ3n) is 2.75. The maximum Gasteiger partial charge on any atom is 0.435 e. The number of nitrogens with two attached hydrogens (primary N) is 1. The van der Waals surface area contributed by atoms with Crippen molar-refractivity contribution in [2.24, 2.45) is 5.73 Å². The van der Waals surface area contributed by atoms with Crippen molar-refractivity contribution in [1.82, 2.24) is 15.1 Å². The zero-order valence-corrected chi connectivity index (χ0v) is 13.9. The third kappa shape index (κ3) is 6.09. The van der Waals surface area contributed by atoms with Gasteiger partial charge in [0.15, 0.2) is 5.69 Å². The number of hydrogen-bond acceptors (Lipinski definition) is 4. The van der Waals surface area contributed by atoms with Crippen LogP contribution in [0, 0.1) is 0 Å². The number of amides is 1. The van der Waals surface area contributed by atoms with Crippen LogP contribution in [-0.4, -0.2) is 27.0 Å². The lowest BCUT2D eigenvalue weighted by molar-refractivity contribution is -0.141. The molecule has 0 aliphatic carbocycles. The predicted molar refractivity (Wildman–Crippen MR) is 78.6 cm³/mol. The average Bonchev–Trinajstić information content (AvgIpc) is 2.66. The van der Waals surface area contributed by atoms with Gasteiger partial charge < -0.3 is 15.8 Å². The Labute approximate surface area is 133 Å². The van der Waals surface area contributed by atoms with Crippen molar-refractivity contribution in [3.05, 3.63) is 17.5 Å². The Balaban J connectivity index is 2.88. The summed E-state index contributed by atoms with van der Waals surface area (Å²) < 4.78 is 44.5. The molecule has 0 spiro atoms. The van der Waals surface area contributed by atoms with Gasteiger partial charge in [0.2, 0.25) is 0 Å². The summed E-state index contributed by atoms with van der Waals surface area (Å²) in [6, 6.07) is 0.906. The first kappa shape index (κ1) is 19.3. The Morgan fingerprint density at radius 3 is 2.30 bits per heavy atom. The van der Waals surface area contributed by atoms with Crippen LogP contribution >= 0.6 is 0 Å². The lowest BCUT2D eigenvalue weighted by Gasteiger charge is -2.29. The third-order valence-corrected chi connectivity index (χ3v) is 2.75. The minimum atomic E-state index is -4.54. The van der Waals surface area contributed by atoms with E-state index in [0.29, 0.717) is 0 Å². The fourth-order valence-electron chi connectivity index (χ4n) is 1.89. The van der Waals surface area contributed by atoms with Crippen molar-refractivity contribution in [3.63, 3.8) is 0 Å². The molecule has 1 amide bonds. The Kier molecular flexibility index (Phi) is 5.35. The summed E-state index contributed by atoms with van der Waals surface area (Å²) >= 11 is 0. The molecule has 1 aromatic heterocycles. The molecule has 0 unspecified atom stereocenters. The van der Waals surface area contributed by atoms with Gasteiger partial charge in [-0.15, -0.1) is 0 Å². The first-order valence-electron chi connectivity index (χ1n) is 7.09. The number of hydrogen-bond donors (Lipinski definition) is 2. The van der Waals surface area contributed by atoms with Crippen LogP contribution in [0.4, 0.5) is 18.0 Å². The summed E-state index contributed by atoms with van der Waals surface area (Å²) in [5.74, 6) is 0. The fourth-order valence-corrected chi connectivity index (χ4v) is 1.89. The molecular formula is C14H23F3N4O2. The molecule has 23 heavy (non-hydrogen) atoms. The van der Waals surface area contributed by atoms with Gasteiger partial charge in [-0.3, -0.25) is 4.68 Å². The number of aromatic nitrogens is 2. The normalized spacial score (nSPS) is 13.1. The molecule has 0 fully saturated rings. The van der Waals surface area contributed by atoms with Crippen LogP contribution in [0.3, 0.4) is 0 Å². The average molecular weight is 336 g/mol. The number of nitrogens with one attached hydrogen (secondary N) is 1. The number of nitrogens with zero attached hydrogens (tertiary/aromatic N) is 2. The SMILES string of the molecule is CC(C)(Cn1nc(C(F)(F)F)cc1CN)NC(=O)OC(C)(C)C. The molecule has 132 valence electrons. The van der Waals surface area contributed by atoms with Gasteiger partial charge in [0.25, 0.3) is 0 Å². The maximum atomic E-state index is 12.7. The topological polar surface area (TPSA) is 82.2 Å². The Morgan fingerprint density at radius 2 is 1.87 bits per heavy atom. The van der Waals surface area contributed by atoms with Gasteiger partial charge in [0, 0.05) is 6.54 Å². The van der Waals surface area contributed by atoms with Crippen molar-refractivity contribution >= 4 is 6.09 Å².